The van der Waals surface area contributed by atoms with Gasteiger partial charge >= 0.3 is 18.2 Å². The molecule has 3 aliphatic rings. The molecular weight excluding hydrogens is 429 g/mol. The van der Waals surface area contributed by atoms with Gasteiger partial charge in [-0.25, -0.2) is 13.6 Å². The van der Waals surface area contributed by atoms with Crippen LogP contribution in [0.1, 0.15) is 47.0 Å². The summed E-state index contributed by atoms with van der Waals surface area (Å²) in [6, 6.07) is -2.33. The highest BCUT2D eigenvalue weighted by Gasteiger charge is 2.61. The number of rotatable bonds is 1. The molecule has 2 atom stereocenters. The van der Waals surface area contributed by atoms with Crippen LogP contribution in [0, 0.1) is 0 Å². The zero-order valence-electron chi connectivity index (χ0n) is 17.8. The third kappa shape index (κ3) is 4.72. The van der Waals surface area contributed by atoms with Crippen molar-refractivity contribution in [3.63, 3.8) is 0 Å². The van der Waals surface area contributed by atoms with Crippen molar-refractivity contribution in [2.24, 2.45) is 0 Å². The summed E-state index contributed by atoms with van der Waals surface area (Å²) in [7, 11) is 0. The lowest BCUT2D eigenvalue weighted by Gasteiger charge is -2.47. The Labute approximate surface area is 176 Å². The molecule has 31 heavy (non-hydrogen) atoms. The number of hydrogen-bond acceptors (Lipinski definition) is 4. The van der Waals surface area contributed by atoms with Gasteiger partial charge in [-0.3, -0.25) is 14.5 Å². The molecule has 3 amide bonds. The number of nitrogens with zero attached hydrogens (tertiary/aromatic N) is 3. The molecule has 3 rings (SSSR count). The molecule has 0 bridgehead atoms. The average Bonchev–Trinajstić information content (AvgIpc) is 3.28. The lowest BCUT2D eigenvalue weighted by Crippen LogP contribution is -2.65. The molecule has 0 aromatic heterocycles. The summed E-state index contributed by atoms with van der Waals surface area (Å²) in [4.78, 5) is 40.1. The number of hydrogen-bond donors (Lipinski definition) is 0. The van der Waals surface area contributed by atoms with Crippen LogP contribution in [-0.2, 0) is 14.3 Å². The van der Waals surface area contributed by atoms with Crippen LogP contribution in [-0.4, -0.2) is 87.6 Å². The van der Waals surface area contributed by atoms with E-state index in [0.29, 0.717) is 4.90 Å². The summed E-state index contributed by atoms with van der Waals surface area (Å²) in [5.41, 5.74) is -2.11. The van der Waals surface area contributed by atoms with E-state index in [9.17, 15) is 36.3 Å². The summed E-state index contributed by atoms with van der Waals surface area (Å²) in [5, 5.41) is 0. The quantitative estimate of drug-likeness (QED) is 0.571. The standard InChI is InChI=1S/C19H26F5N3O4/c1-11-8-27(14(29)19(22,23)24)17(5-6-17)9-25(11)13(28)12-7-18(20,21)10-26(12)15(30)31-16(2,3)4/h11-12H,5-10H2,1-4H3/t11-,12-/m0/s1. The Morgan fingerprint density at radius 3 is 2.06 bits per heavy atom. The van der Waals surface area contributed by atoms with Gasteiger partial charge < -0.3 is 14.5 Å². The first-order valence-corrected chi connectivity index (χ1v) is 10.0. The molecule has 1 aliphatic carbocycles. The van der Waals surface area contributed by atoms with Gasteiger partial charge in [-0.2, -0.15) is 13.2 Å². The first-order chi connectivity index (χ1) is 14.0. The van der Waals surface area contributed by atoms with Crippen molar-refractivity contribution >= 4 is 17.9 Å². The van der Waals surface area contributed by atoms with E-state index in [0.717, 1.165) is 4.90 Å². The fourth-order valence-corrected chi connectivity index (χ4v) is 4.17. The fraction of sp³-hybridized carbons (Fsp3) is 0.842. The molecule has 2 aliphatic heterocycles. The number of alkyl halides is 5. The molecule has 1 saturated carbocycles. The smallest absolute Gasteiger partial charge is 0.444 e. The van der Waals surface area contributed by atoms with Gasteiger partial charge in [0.25, 0.3) is 5.92 Å². The monoisotopic (exact) mass is 455 g/mol. The number of likely N-dealkylation sites (tertiary alicyclic amines) is 1. The predicted octanol–water partition coefficient (Wildman–Crippen LogP) is 2.79. The van der Waals surface area contributed by atoms with Crippen molar-refractivity contribution in [2.45, 2.75) is 82.3 Å². The maximum atomic E-state index is 14.1. The van der Waals surface area contributed by atoms with E-state index in [4.69, 9.17) is 4.74 Å². The minimum Gasteiger partial charge on any atom is -0.444 e. The Kier molecular flexibility index (Phi) is 5.46. The number of carbonyl (C=O) groups excluding carboxylic acids is 3. The Bertz CT molecular complexity index is 775. The highest BCUT2D eigenvalue weighted by atomic mass is 19.4. The highest BCUT2D eigenvalue weighted by molar-refractivity contribution is 5.88. The van der Waals surface area contributed by atoms with Gasteiger partial charge in [0.15, 0.2) is 0 Å². The number of amides is 3. The topological polar surface area (TPSA) is 70.2 Å². The second kappa shape index (κ2) is 7.19. The Morgan fingerprint density at radius 2 is 1.58 bits per heavy atom. The summed E-state index contributed by atoms with van der Waals surface area (Å²) in [6.45, 7) is 4.60. The first-order valence-electron chi connectivity index (χ1n) is 10.0. The molecule has 7 nitrogen and oxygen atoms in total. The van der Waals surface area contributed by atoms with Crippen LogP contribution in [0.4, 0.5) is 26.7 Å². The molecule has 0 N–H and O–H groups in total. The zero-order chi connectivity index (χ0) is 23.6. The van der Waals surface area contributed by atoms with Crippen LogP contribution < -0.4 is 0 Å². The summed E-state index contributed by atoms with van der Waals surface area (Å²) in [5.74, 6) is -6.04. The lowest BCUT2D eigenvalue weighted by molar-refractivity contribution is -0.193. The van der Waals surface area contributed by atoms with Crippen molar-refractivity contribution in [1.82, 2.24) is 14.7 Å². The largest absolute Gasteiger partial charge is 0.471 e. The molecule has 12 heteroatoms. The molecule has 0 radical (unpaired) electrons. The minimum atomic E-state index is -5.04. The van der Waals surface area contributed by atoms with Gasteiger partial charge in [-0.1, -0.05) is 0 Å². The number of halogens is 5. The fourth-order valence-electron chi connectivity index (χ4n) is 4.17. The van der Waals surface area contributed by atoms with Crippen LogP contribution in [0.2, 0.25) is 0 Å². The molecular formula is C19H26F5N3O4. The van der Waals surface area contributed by atoms with Crippen LogP contribution in [0.3, 0.4) is 0 Å². The third-order valence-electron chi connectivity index (χ3n) is 5.80. The van der Waals surface area contributed by atoms with Crippen LogP contribution in [0.5, 0.6) is 0 Å². The minimum absolute atomic E-state index is 0.195. The van der Waals surface area contributed by atoms with E-state index in [-0.39, 0.29) is 25.9 Å². The first kappa shape index (κ1) is 23.5. The molecule has 2 saturated heterocycles. The molecule has 0 aromatic carbocycles. The average molecular weight is 455 g/mol. The van der Waals surface area contributed by atoms with E-state index in [1.165, 1.54) is 11.8 Å². The van der Waals surface area contributed by atoms with Crippen LogP contribution in [0.15, 0.2) is 0 Å². The highest BCUT2D eigenvalue weighted by Crippen LogP contribution is 2.47. The van der Waals surface area contributed by atoms with E-state index in [1.807, 2.05) is 0 Å². The summed E-state index contributed by atoms with van der Waals surface area (Å²) in [6.07, 6.45) is -6.43. The number of piperazine rings is 1. The van der Waals surface area contributed by atoms with Gasteiger partial charge in [0, 0.05) is 25.6 Å². The van der Waals surface area contributed by atoms with Gasteiger partial charge in [0.1, 0.15) is 11.6 Å². The molecule has 0 unspecified atom stereocenters. The van der Waals surface area contributed by atoms with E-state index >= 15 is 0 Å². The Morgan fingerprint density at radius 1 is 1.00 bits per heavy atom. The van der Waals surface area contributed by atoms with Crippen molar-refractivity contribution in [3.05, 3.63) is 0 Å². The zero-order valence-corrected chi connectivity index (χ0v) is 17.8. The summed E-state index contributed by atoms with van der Waals surface area (Å²) < 4.78 is 72.4. The molecule has 0 aromatic rings. The van der Waals surface area contributed by atoms with E-state index in [1.54, 1.807) is 20.8 Å². The Hall–Kier alpha value is -2.14. The molecule has 1 spiro atoms. The summed E-state index contributed by atoms with van der Waals surface area (Å²) >= 11 is 0. The van der Waals surface area contributed by atoms with Crippen molar-refractivity contribution in [3.8, 4) is 0 Å². The van der Waals surface area contributed by atoms with E-state index < -0.39 is 66.2 Å². The normalized spacial score (nSPS) is 27.5. The van der Waals surface area contributed by atoms with Crippen molar-refractivity contribution < 1.29 is 41.1 Å². The third-order valence-corrected chi connectivity index (χ3v) is 5.80. The van der Waals surface area contributed by atoms with Crippen molar-refractivity contribution in [1.29, 1.82) is 0 Å². The van der Waals surface area contributed by atoms with E-state index in [2.05, 4.69) is 0 Å². The second-order valence-electron chi connectivity index (χ2n) is 9.64. The predicted molar refractivity (Wildman–Crippen MR) is 97.2 cm³/mol. The Balaban J connectivity index is 1.80. The number of carbonyl (C=O) groups is 3. The van der Waals surface area contributed by atoms with Gasteiger partial charge in [0.2, 0.25) is 5.91 Å². The van der Waals surface area contributed by atoms with Crippen molar-refractivity contribution in [2.75, 3.05) is 19.6 Å². The van der Waals surface area contributed by atoms with Crippen LogP contribution in [0.25, 0.3) is 0 Å². The van der Waals surface area contributed by atoms with Gasteiger partial charge in [0.05, 0.1) is 12.1 Å². The second-order valence-corrected chi connectivity index (χ2v) is 9.64. The van der Waals surface area contributed by atoms with Gasteiger partial charge in [-0.15, -0.1) is 0 Å². The molecule has 176 valence electrons. The number of ether oxygens (including phenoxy) is 1. The maximum Gasteiger partial charge on any atom is 0.471 e. The molecule has 2 heterocycles. The molecule has 3 fully saturated rings. The van der Waals surface area contributed by atoms with Gasteiger partial charge in [-0.05, 0) is 40.5 Å². The van der Waals surface area contributed by atoms with Crippen LogP contribution >= 0.6 is 0 Å². The lowest BCUT2D eigenvalue weighted by atomic mass is 10.0. The maximum absolute atomic E-state index is 14.1. The SMILES string of the molecule is C[C@H]1CN(C(=O)C(F)(F)F)C2(CC2)CN1C(=O)[C@@H]1CC(F)(F)CN1C(=O)OC(C)(C)C.